The van der Waals surface area contributed by atoms with Crippen LogP contribution in [0.3, 0.4) is 0 Å². The molecule has 38 heavy (non-hydrogen) atoms. The molecule has 10 nitrogen and oxygen atoms in total. The zero-order valence-electron chi connectivity index (χ0n) is 22.3. The van der Waals surface area contributed by atoms with Crippen LogP contribution in [0.1, 0.15) is 57.4 Å². The van der Waals surface area contributed by atoms with Crippen molar-refractivity contribution in [3.63, 3.8) is 0 Å². The Morgan fingerprint density at radius 1 is 0.816 bits per heavy atom. The maximum absolute atomic E-state index is 12.2. The molecule has 0 N–H and O–H groups in total. The van der Waals surface area contributed by atoms with Crippen LogP contribution in [0.5, 0.6) is 17.4 Å². The van der Waals surface area contributed by atoms with Gasteiger partial charge in [-0.2, -0.15) is 0 Å². The molecule has 0 bridgehead atoms. The Labute approximate surface area is 223 Å². The van der Waals surface area contributed by atoms with Gasteiger partial charge in [0, 0.05) is 44.1 Å². The van der Waals surface area contributed by atoms with Gasteiger partial charge in [-0.3, -0.25) is 4.79 Å². The quantitative estimate of drug-likeness (QED) is 0.570. The topological polar surface area (TPSA) is 99.5 Å². The van der Waals surface area contributed by atoms with E-state index in [2.05, 4.69) is 4.98 Å². The highest BCUT2D eigenvalue weighted by Gasteiger charge is 2.42. The minimum absolute atomic E-state index is 0.0563. The van der Waals surface area contributed by atoms with Crippen molar-refractivity contribution in [2.75, 3.05) is 40.6 Å². The molecule has 0 atom stereocenters. The van der Waals surface area contributed by atoms with Crippen molar-refractivity contribution in [3.05, 3.63) is 47.0 Å². The summed E-state index contributed by atoms with van der Waals surface area (Å²) in [6, 6.07) is 7.46. The first-order chi connectivity index (χ1) is 18.6. The van der Waals surface area contributed by atoms with E-state index in [0.717, 1.165) is 51.4 Å². The number of methoxy groups -OCH3 is 2. The minimum atomic E-state index is -0.376. The van der Waals surface area contributed by atoms with E-state index < -0.39 is 0 Å². The molecule has 2 spiro atoms. The van der Waals surface area contributed by atoms with Crippen LogP contribution in [0.15, 0.2) is 41.5 Å². The molecule has 0 aromatic carbocycles. The summed E-state index contributed by atoms with van der Waals surface area (Å²) in [6.07, 6.45) is 10.8. The predicted molar refractivity (Wildman–Crippen MR) is 138 cm³/mol. The van der Waals surface area contributed by atoms with E-state index in [9.17, 15) is 4.79 Å². The molecule has 4 aliphatic rings. The first-order valence-electron chi connectivity index (χ1n) is 13.5. The van der Waals surface area contributed by atoms with Crippen LogP contribution in [0, 0.1) is 0 Å². The maximum atomic E-state index is 12.2. The van der Waals surface area contributed by atoms with Gasteiger partial charge in [0.15, 0.2) is 23.1 Å². The summed E-state index contributed by atoms with van der Waals surface area (Å²) in [4.78, 5) is 16.4. The van der Waals surface area contributed by atoms with Gasteiger partial charge in [-0.05, 0) is 49.9 Å². The second kappa shape index (κ2) is 12.0. The Kier molecular flexibility index (Phi) is 8.52. The van der Waals surface area contributed by atoms with Crippen LogP contribution in [-0.2, 0) is 18.9 Å². The van der Waals surface area contributed by atoms with Crippen molar-refractivity contribution in [2.24, 2.45) is 0 Å². The fourth-order valence-corrected chi connectivity index (χ4v) is 5.75. The minimum Gasteiger partial charge on any atom is -0.491 e. The molecule has 0 radical (unpaired) electrons. The van der Waals surface area contributed by atoms with Crippen LogP contribution in [-0.4, -0.2) is 67.9 Å². The molecule has 2 saturated carbocycles. The summed E-state index contributed by atoms with van der Waals surface area (Å²) in [5.74, 6) is 0.930. The lowest BCUT2D eigenvalue weighted by atomic mass is 9.90. The van der Waals surface area contributed by atoms with Gasteiger partial charge < -0.3 is 37.7 Å². The Balaban J connectivity index is 0.000000155. The lowest BCUT2D eigenvalue weighted by Gasteiger charge is -2.36. The van der Waals surface area contributed by atoms with Crippen molar-refractivity contribution >= 4 is 0 Å². The predicted octanol–water partition coefficient (Wildman–Crippen LogP) is 3.87. The van der Waals surface area contributed by atoms with E-state index in [0.29, 0.717) is 43.8 Å². The molecule has 2 aliphatic heterocycles. The van der Waals surface area contributed by atoms with Gasteiger partial charge in [0.2, 0.25) is 0 Å². The van der Waals surface area contributed by atoms with Gasteiger partial charge in [-0.1, -0.05) is 0 Å². The number of pyridine rings is 2. The molecule has 10 heteroatoms. The lowest BCUT2D eigenvalue weighted by Crippen LogP contribution is -2.38. The highest BCUT2D eigenvalue weighted by atomic mass is 16.7. The van der Waals surface area contributed by atoms with Gasteiger partial charge in [-0.25, -0.2) is 4.98 Å². The first-order valence-corrected chi connectivity index (χ1v) is 13.5. The second-order valence-corrected chi connectivity index (χ2v) is 10.1. The molecule has 2 aromatic rings. The molecule has 0 unspecified atom stereocenters. The molecule has 208 valence electrons. The summed E-state index contributed by atoms with van der Waals surface area (Å²) in [5, 5.41) is 0. The van der Waals surface area contributed by atoms with Crippen molar-refractivity contribution in [1.82, 2.24) is 9.55 Å². The van der Waals surface area contributed by atoms with Gasteiger partial charge >= 0.3 is 0 Å². The van der Waals surface area contributed by atoms with Crippen LogP contribution in [0.2, 0.25) is 0 Å². The van der Waals surface area contributed by atoms with Gasteiger partial charge in [-0.15, -0.1) is 0 Å². The number of hydrogen-bond donors (Lipinski definition) is 0. The normalized spacial score (nSPS) is 24.1. The second-order valence-electron chi connectivity index (χ2n) is 10.1. The first kappa shape index (κ1) is 26.9. The summed E-state index contributed by atoms with van der Waals surface area (Å²) < 4.78 is 40.9. The summed E-state index contributed by atoms with van der Waals surface area (Å²) in [7, 11) is 3.15. The molecule has 4 fully saturated rings. The van der Waals surface area contributed by atoms with E-state index in [1.807, 2.05) is 24.4 Å². The molecular weight excluding hydrogens is 492 g/mol. The smallest absolute Gasteiger partial charge is 0.293 e. The fourth-order valence-electron chi connectivity index (χ4n) is 5.75. The van der Waals surface area contributed by atoms with Crippen molar-refractivity contribution in [1.29, 1.82) is 0 Å². The summed E-state index contributed by atoms with van der Waals surface area (Å²) in [5.41, 5.74) is -0.0563. The molecule has 6 rings (SSSR count). The number of hydrogen-bond acceptors (Lipinski definition) is 9. The average Bonchev–Trinajstić information content (AvgIpc) is 3.62. The van der Waals surface area contributed by atoms with Crippen molar-refractivity contribution < 1.29 is 33.2 Å². The average molecular weight is 531 g/mol. The van der Waals surface area contributed by atoms with E-state index in [1.54, 1.807) is 23.9 Å². The Morgan fingerprint density at radius 3 is 1.95 bits per heavy atom. The lowest BCUT2D eigenvalue weighted by molar-refractivity contribution is -0.186. The molecule has 0 amide bonds. The molecule has 4 heterocycles. The summed E-state index contributed by atoms with van der Waals surface area (Å²) in [6.45, 7) is 2.78. The third-order valence-electron chi connectivity index (χ3n) is 7.83. The third-order valence-corrected chi connectivity index (χ3v) is 7.83. The molecule has 2 aromatic heterocycles. The molecular formula is C28H38N2O8. The van der Waals surface area contributed by atoms with E-state index in [-0.39, 0.29) is 29.3 Å². The van der Waals surface area contributed by atoms with Crippen molar-refractivity contribution in [3.8, 4) is 17.4 Å². The van der Waals surface area contributed by atoms with Gasteiger partial charge in [0.1, 0.15) is 6.10 Å². The van der Waals surface area contributed by atoms with Crippen LogP contribution in [0.25, 0.3) is 0 Å². The molecule has 2 aliphatic carbocycles. The third kappa shape index (κ3) is 5.98. The van der Waals surface area contributed by atoms with E-state index in [4.69, 9.17) is 33.2 Å². The number of ether oxygens (including phenoxy) is 7. The fraction of sp³-hybridized carbons (Fsp3) is 0.643. The number of nitrogens with zero attached hydrogens (tertiary/aromatic N) is 2. The maximum Gasteiger partial charge on any atom is 0.293 e. The van der Waals surface area contributed by atoms with Crippen molar-refractivity contribution in [2.45, 2.75) is 75.1 Å². The van der Waals surface area contributed by atoms with E-state index in [1.165, 1.54) is 7.11 Å². The van der Waals surface area contributed by atoms with Crippen LogP contribution < -0.4 is 19.8 Å². The van der Waals surface area contributed by atoms with E-state index >= 15 is 0 Å². The molecule has 2 saturated heterocycles. The zero-order chi connectivity index (χ0) is 26.4. The summed E-state index contributed by atoms with van der Waals surface area (Å²) >= 11 is 0. The SMILES string of the molecule is COc1cccn(C2CCC3(CC2)OCCO3)c1=O.COc1cccnc1OC1CCC2(CC1)OCCO2. The number of rotatable bonds is 5. The highest BCUT2D eigenvalue weighted by Crippen LogP contribution is 2.40. The monoisotopic (exact) mass is 530 g/mol. The largest absolute Gasteiger partial charge is 0.491 e. The number of aromatic nitrogens is 2. The highest BCUT2D eigenvalue weighted by molar-refractivity contribution is 5.32. The standard InChI is InChI=1S/2C14H19NO4/c1-16-12-3-2-8-15-13(12)19-11-4-6-14(7-5-11)17-9-10-18-14;1-17-12-3-2-8-15(13(12)16)11-4-6-14(7-5-11)18-9-10-19-14/h2*2-3,8,11H,4-7,9-10H2,1H3. The Hall–Kier alpha value is -2.66. The Bertz CT molecular complexity index is 1090. The van der Waals surface area contributed by atoms with Gasteiger partial charge in [0.05, 0.1) is 40.6 Å². The van der Waals surface area contributed by atoms with Crippen LogP contribution >= 0.6 is 0 Å². The van der Waals surface area contributed by atoms with Gasteiger partial charge in [0.25, 0.3) is 11.4 Å². The van der Waals surface area contributed by atoms with Crippen LogP contribution in [0.4, 0.5) is 0 Å². The Morgan fingerprint density at radius 2 is 1.37 bits per heavy atom. The zero-order valence-corrected chi connectivity index (χ0v) is 22.3.